The van der Waals surface area contributed by atoms with Crippen molar-refractivity contribution >= 4 is 40.3 Å². The number of benzene rings is 3. The second-order valence-corrected chi connectivity index (χ2v) is 8.67. The molecule has 0 aliphatic carbocycles. The highest BCUT2D eigenvalue weighted by molar-refractivity contribution is 7.98. The van der Waals surface area contributed by atoms with Crippen LogP contribution in [0.5, 0.6) is 5.75 Å². The molecule has 3 aromatic carbocycles. The third-order valence-corrected chi connectivity index (χ3v) is 6.61. The largest absolute Gasteiger partial charge is 0.495 e. The van der Waals surface area contributed by atoms with Crippen molar-refractivity contribution in [3.8, 4) is 5.75 Å². The van der Waals surface area contributed by atoms with Crippen molar-refractivity contribution in [2.45, 2.75) is 17.9 Å². The van der Waals surface area contributed by atoms with Crippen LogP contribution in [0.2, 0.25) is 0 Å². The first-order valence-corrected chi connectivity index (χ1v) is 11.9. The molecule has 2 N–H and O–H groups in total. The van der Waals surface area contributed by atoms with Gasteiger partial charge in [0.1, 0.15) is 5.75 Å². The van der Waals surface area contributed by atoms with Crippen molar-refractivity contribution < 1.29 is 9.53 Å². The van der Waals surface area contributed by atoms with E-state index in [9.17, 15) is 4.79 Å². The van der Waals surface area contributed by atoms with Gasteiger partial charge in [-0.2, -0.15) is 0 Å². The number of imidazole rings is 1. The van der Waals surface area contributed by atoms with Crippen LogP contribution in [-0.4, -0.2) is 28.8 Å². The number of para-hydroxylation sites is 4. The zero-order valence-corrected chi connectivity index (χ0v) is 19.4. The van der Waals surface area contributed by atoms with E-state index in [4.69, 9.17) is 9.72 Å². The molecule has 1 aliphatic rings. The van der Waals surface area contributed by atoms with Gasteiger partial charge in [-0.05, 0) is 55.1 Å². The average Bonchev–Trinajstić information content (AvgIpc) is 3.21. The Balaban J connectivity index is 1.65. The molecular weight excluding hydrogens is 432 g/mol. The normalized spacial score (nSPS) is 15.2. The van der Waals surface area contributed by atoms with E-state index in [1.165, 1.54) is 4.90 Å². The summed E-state index contributed by atoms with van der Waals surface area (Å²) in [5, 5.41) is 6.41. The molecule has 0 bridgehead atoms. The molecule has 1 aliphatic heterocycles. The molecule has 0 spiro atoms. The van der Waals surface area contributed by atoms with Crippen molar-refractivity contribution in [2.75, 3.05) is 24.0 Å². The van der Waals surface area contributed by atoms with Gasteiger partial charge in [0.15, 0.2) is 0 Å². The molecule has 0 unspecified atom stereocenters. The van der Waals surface area contributed by atoms with Crippen LogP contribution in [0.25, 0.3) is 11.0 Å². The highest BCUT2D eigenvalue weighted by atomic mass is 32.2. The lowest BCUT2D eigenvalue weighted by molar-refractivity contribution is -0.113. The second-order valence-electron chi connectivity index (χ2n) is 7.79. The molecule has 0 saturated heterocycles. The monoisotopic (exact) mass is 456 g/mol. The van der Waals surface area contributed by atoms with E-state index < -0.39 is 0 Å². The van der Waals surface area contributed by atoms with Crippen LogP contribution in [0.15, 0.2) is 89.0 Å². The predicted octanol–water partition coefficient (Wildman–Crippen LogP) is 5.69. The molecule has 7 heteroatoms. The van der Waals surface area contributed by atoms with Crippen molar-refractivity contribution in [1.29, 1.82) is 0 Å². The number of nitrogens with zero attached hydrogens (tertiary/aromatic N) is 2. The Morgan fingerprint density at radius 1 is 1.06 bits per heavy atom. The molecule has 4 aromatic rings. The molecule has 2 heterocycles. The molecule has 0 saturated carbocycles. The van der Waals surface area contributed by atoms with E-state index in [1.807, 2.05) is 55.5 Å². The number of amides is 1. The summed E-state index contributed by atoms with van der Waals surface area (Å²) in [6.45, 7) is 1.92. The molecule has 5 rings (SSSR count). The van der Waals surface area contributed by atoms with Gasteiger partial charge in [-0.15, -0.1) is 11.8 Å². The summed E-state index contributed by atoms with van der Waals surface area (Å²) in [6.07, 6.45) is 2.05. The smallest absolute Gasteiger partial charge is 0.255 e. The van der Waals surface area contributed by atoms with Crippen LogP contribution < -0.4 is 15.4 Å². The molecule has 1 atom stereocenters. The van der Waals surface area contributed by atoms with Crippen LogP contribution in [0.3, 0.4) is 0 Å². The van der Waals surface area contributed by atoms with E-state index >= 15 is 0 Å². The standard InChI is InChI=1S/C26H24N4O2S/c1-16-23(25(31)28-20-9-5-7-11-22(20)32-2)24(17-12-14-18(33-3)15-13-17)30-21-10-6-4-8-19(21)29-26(30)27-16/h4-15,24H,1-3H3,(H,27,29)(H,28,31)/t24-/m0/s1. The van der Waals surface area contributed by atoms with Crippen LogP contribution in [-0.2, 0) is 4.79 Å². The fraction of sp³-hybridized carbons (Fsp3) is 0.154. The van der Waals surface area contributed by atoms with Gasteiger partial charge in [0.05, 0.1) is 35.4 Å². The first-order valence-electron chi connectivity index (χ1n) is 10.6. The minimum absolute atomic E-state index is 0.188. The number of fused-ring (bicyclic) bond motifs is 3. The maximum absolute atomic E-state index is 13.7. The number of aromatic nitrogens is 2. The Morgan fingerprint density at radius 2 is 1.79 bits per heavy atom. The minimum atomic E-state index is -0.334. The van der Waals surface area contributed by atoms with E-state index in [2.05, 4.69) is 45.7 Å². The van der Waals surface area contributed by atoms with Gasteiger partial charge in [0.25, 0.3) is 5.91 Å². The number of carbonyl (C=O) groups excluding carboxylic acids is 1. The van der Waals surface area contributed by atoms with Crippen LogP contribution in [0.1, 0.15) is 18.5 Å². The van der Waals surface area contributed by atoms with Crippen LogP contribution >= 0.6 is 11.8 Å². The zero-order valence-electron chi connectivity index (χ0n) is 18.6. The number of thioether (sulfide) groups is 1. The van der Waals surface area contributed by atoms with Crippen molar-refractivity contribution in [1.82, 2.24) is 9.55 Å². The van der Waals surface area contributed by atoms with Gasteiger partial charge in [-0.25, -0.2) is 4.98 Å². The Kier molecular flexibility index (Phi) is 5.56. The fourth-order valence-electron chi connectivity index (χ4n) is 4.30. The number of anilines is 2. The Morgan fingerprint density at radius 3 is 2.55 bits per heavy atom. The first kappa shape index (κ1) is 21.2. The maximum Gasteiger partial charge on any atom is 0.255 e. The molecule has 33 heavy (non-hydrogen) atoms. The summed E-state index contributed by atoms with van der Waals surface area (Å²) in [5.41, 5.74) is 4.89. The molecule has 0 fully saturated rings. The fourth-order valence-corrected chi connectivity index (χ4v) is 4.71. The lowest BCUT2D eigenvalue weighted by Gasteiger charge is -2.31. The number of hydrogen-bond donors (Lipinski definition) is 2. The van der Waals surface area contributed by atoms with Crippen molar-refractivity contribution in [3.63, 3.8) is 0 Å². The van der Waals surface area contributed by atoms with E-state index in [0.717, 1.165) is 28.2 Å². The Hall–Kier alpha value is -3.71. The topological polar surface area (TPSA) is 68.2 Å². The summed E-state index contributed by atoms with van der Waals surface area (Å²) < 4.78 is 7.54. The SMILES string of the molecule is COc1ccccc1NC(=O)C1=C(C)Nc2nc3ccccc3n2[C@H]1c1ccc(SC)cc1. The van der Waals surface area contributed by atoms with Crippen LogP contribution in [0, 0.1) is 0 Å². The molecule has 1 aromatic heterocycles. The summed E-state index contributed by atoms with van der Waals surface area (Å²) >= 11 is 1.69. The number of carbonyl (C=O) groups is 1. The predicted molar refractivity (Wildman–Crippen MR) is 134 cm³/mol. The van der Waals surface area contributed by atoms with Gasteiger partial charge in [-0.3, -0.25) is 9.36 Å². The third-order valence-electron chi connectivity index (χ3n) is 5.86. The number of hydrogen-bond acceptors (Lipinski definition) is 5. The van der Waals surface area contributed by atoms with Crippen molar-refractivity contribution in [3.05, 3.63) is 89.6 Å². The second kappa shape index (κ2) is 8.67. The number of allylic oxidation sites excluding steroid dienone is 1. The van der Waals surface area contributed by atoms with Crippen LogP contribution in [0.4, 0.5) is 11.6 Å². The zero-order chi connectivity index (χ0) is 22.9. The summed E-state index contributed by atoms with van der Waals surface area (Å²) in [5.74, 6) is 1.15. The van der Waals surface area contributed by atoms with Crippen molar-refractivity contribution in [2.24, 2.45) is 0 Å². The van der Waals surface area contributed by atoms with E-state index in [0.29, 0.717) is 17.0 Å². The molecular formula is C26H24N4O2S. The van der Waals surface area contributed by atoms with Gasteiger partial charge >= 0.3 is 0 Å². The average molecular weight is 457 g/mol. The molecule has 6 nitrogen and oxygen atoms in total. The minimum Gasteiger partial charge on any atom is -0.495 e. The molecule has 1 amide bonds. The highest BCUT2D eigenvalue weighted by Gasteiger charge is 2.34. The van der Waals surface area contributed by atoms with E-state index in [-0.39, 0.29) is 11.9 Å². The molecule has 166 valence electrons. The summed E-state index contributed by atoms with van der Waals surface area (Å²) in [7, 11) is 1.59. The molecule has 0 radical (unpaired) electrons. The summed E-state index contributed by atoms with van der Waals surface area (Å²) in [6, 6.07) is 23.4. The Bertz CT molecular complexity index is 1370. The highest BCUT2D eigenvalue weighted by Crippen LogP contribution is 2.40. The summed E-state index contributed by atoms with van der Waals surface area (Å²) in [4.78, 5) is 19.7. The van der Waals surface area contributed by atoms with Gasteiger partial charge < -0.3 is 15.4 Å². The Labute approximate surface area is 196 Å². The lowest BCUT2D eigenvalue weighted by atomic mass is 9.94. The number of methoxy groups -OCH3 is 1. The number of rotatable bonds is 5. The number of nitrogens with one attached hydrogen (secondary N) is 2. The quantitative estimate of drug-likeness (QED) is 0.377. The van der Waals surface area contributed by atoms with Gasteiger partial charge in [-0.1, -0.05) is 36.4 Å². The lowest BCUT2D eigenvalue weighted by Crippen LogP contribution is -2.31. The third kappa shape index (κ3) is 3.74. The number of ether oxygens (including phenoxy) is 1. The van der Waals surface area contributed by atoms with E-state index in [1.54, 1.807) is 18.9 Å². The van der Waals surface area contributed by atoms with Gasteiger partial charge in [0, 0.05) is 10.6 Å². The first-order chi connectivity index (χ1) is 16.1. The van der Waals surface area contributed by atoms with Gasteiger partial charge in [0.2, 0.25) is 5.95 Å². The maximum atomic E-state index is 13.7.